The third-order valence-electron chi connectivity index (χ3n) is 3.72. The summed E-state index contributed by atoms with van der Waals surface area (Å²) in [6.45, 7) is -0.0233. The summed E-state index contributed by atoms with van der Waals surface area (Å²) in [5.74, 6) is 1.96. The first kappa shape index (κ1) is 19.8. The third kappa shape index (κ3) is 5.52. The van der Waals surface area contributed by atoms with Crippen LogP contribution in [0.4, 0.5) is 0 Å². The third-order valence-corrected chi connectivity index (χ3v) is 5.04. The zero-order valence-corrected chi connectivity index (χ0v) is 16.5. The van der Waals surface area contributed by atoms with E-state index in [1.54, 1.807) is 80.9 Å². The van der Waals surface area contributed by atoms with E-state index >= 15 is 0 Å². The Bertz CT molecular complexity index is 862. The van der Waals surface area contributed by atoms with Gasteiger partial charge in [0.2, 0.25) is 0 Å². The Morgan fingerprint density at radius 2 is 1.14 bits per heavy atom. The van der Waals surface area contributed by atoms with Gasteiger partial charge in [-0.1, -0.05) is 36.4 Å². The molecule has 0 radical (unpaired) electrons. The van der Waals surface area contributed by atoms with Gasteiger partial charge in [0.15, 0.2) is 0 Å². The molecular formula is C21H21O6P. The molecule has 3 aromatic carbocycles. The maximum atomic E-state index is 13.3. The van der Waals surface area contributed by atoms with Crippen molar-refractivity contribution in [2.45, 2.75) is 6.61 Å². The van der Waals surface area contributed by atoms with Crippen molar-refractivity contribution in [3.63, 3.8) is 0 Å². The van der Waals surface area contributed by atoms with Gasteiger partial charge in [0.1, 0.15) is 23.0 Å². The first-order valence-electron chi connectivity index (χ1n) is 8.56. The van der Waals surface area contributed by atoms with Gasteiger partial charge in [-0.3, -0.25) is 4.52 Å². The molecule has 0 heterocycles. The van der Waals surface area contributed by atoms with Gasteiger partial charge in [-0.05, 0) is 42.0 Å². The van der Waals surface area contributed by atoms with Crippen molar-refractivity contribution in [1.29, 1.82) is 0 Å². The van der Waals surface area contributed by atoms with Gasteiger partial charge in [-0.2, -0.15) is 0 Å². The molecule has 0 saturated heterocycles. The molecule has 0 unspecified atom stereocenters. The maximum Gasteiger partial charge on any atom is 0.587 e. The monoisotopic (exact) mass is 400 g/mol. The molecular weight excluding hydrogens is 379 g/mol. The van der Waals surface area contributed by atoms with Crippen molar-refractivity contribution < 1.29 is 27.6 Å². The number of para-hydroxylation sites is 2. The summed E-state index contributed by atoms with van der Waals surface area (Å²) in [5, 5.41) is 0. The van der Waals surface area contributed by atoms with Crippen LogP contribution in [0.25, 0.3) is 0 Å². The second kappa shape index (κ2) is 9.31. The minimum absolute atomic E-state index is 0.0233. The predicted octanol–water partition coefficient (Wildman–Crippen LogP) is 5.49. The number of methoxy groups -OCH3 is 2. The average molecular weight is 400 g/mol. The Hall–Kier alpha value is -2.95. The van der Waals surface area contributed by atoms with Crippen LogP contribution in [0.2, 0.25) is 0 Å². The number of hydrogen-bond donors (Lipinski definition) is 0. The van der Waals surface area contributed by atoms with Gasteiger partial charge in [0.05, 0.1) is 20.8 Å². The molecule has 0 aliphatic rings. The summed E-state index contributed by atoms with van der Waals surface area (Å²) in [6.07, 6.45) is 0. The second-order valence-electron chi connectivity index (χ2n) is 5.75. The van der Waals surface area contributed by atoms with Crippen molar-refractivity contribution >= 4 is 7.82 Å². The SMILES string of the molecule is COc1cc(COP(=O)(Oc2ccccc2)Oc2ccccc2)cc(OC)c1. The molecule has 0 aliphatic heterocycles. The van der Waals surface area contributed by atoms with Crippen LogP contribution >= 0.6 is 7.82 Å². The number of phosphoric acid groups is 1. The van der Waals surface area contributed by atoms with Crippen LogP contribution in [0.3, 0.4) is 0 Å². The van der Waals surface area contributed by atoms with Crippen molar-refractivity contribution in [3.8, 4) is 23.0 Å². The Morgan fingerprint density at radius 1 is 0.679 bits per heavy atom. The van der Waals surface area contributed by atoms with E-state index in [0.717, 1.165) is 0 Å². The molecule has 3 aromatic rings. The van der Waals surface area contributed by atoms with Gasteiger partial charge in [0, 0.05) is 6.07 Å². The van der Waals surface area contributed by atoms with E-state index in [1.807, 2.05) is 12.1 Å². The maximum absolute atomic E-state index is 13.3. The number of benzene rings is 3. The Balaban J connectivity index is 1.82. The van der Waals surface area contributed by atoms with Crippen molar-refractivity contribution in [1.82, 2.24) is 0 Å². The standard InChI is InChI=1S/C21H21O6P/c1-23-20-13-17(14-21(15-20)24-2)16-25-28(22,26-18-9-5-3-6-10-18)27-19-11-7-4-8-12-19/h3-15H,16H2,1-2H3. The summed E-state index contributed by atoms with van der Waals surface area (Å²) >= 11 is 0. The van der Waals surface area contributed by atoms with Crippen LogP contribution in [0, 0.1) is 0 Å². The van der Waals surface area contributed by atoms with Crippen molar-refractivity contribution in [2.24, 2.45) is 0 Å². The molecule has 0 atom stereocenters. The summed E-state index contributed by atoms with van der Waals surface area (Å²) < 4.78 is 40.6. The van der Waals surface area contributed by atoms with Gasteiger partial charge in [0.25, 0.3) is 0 Å². The fraction of sp³-hybridized carbons (Fsp3) is 0.143. The predicted molar refractivity (Wildman–Crippen MR) is 106 cm³/mol. The fourth-order valence-electron chi connectivity index (χ4n) is 2.40. The lowest BCUT2D eigenvalue weighted by Crippen LogP contribution is -2.05. The first-order chi connectivity index (χ1) is 13.6. The topological polar surface area (TPSA) is 63.2 Å². The minimum Gasteiger partial charge on any atom is -0.497 e. The van der Waals surface area contributed by atoms with Crippen LogP contribution in [0.1, 0.15) is 5.56 Å². The van der Waals surface area contributed by atoms with Gasteiger partial charge in [-0.25, -0.2) is 4.57 Å². The molecule has 28 heavy (non-hydrogen) atoms. The summed E-state index contributed by atoms with van der Waals surface area (Å²) in [5.41, 5.74) is 0.699. The molecule has 0 amide bonds. The highest BCUT2D eigenvalue weighted by molar-refractivity contribution is 7.49. The van der Waals surface area contributed by atoms with E-state index < -0.39 is 7.82 Å². The van der Waals surface area contributed by atoms with Crippen molar-refractivity contribution in [2.75, 3.05) is 14.2 Å². The van der Waals surface area contributed by atoms with Crippen LogP contribution in [-0.4, -0.2) is 14.2 Å². The Kier molecular flexibility index (Phi) is 6.58. The summed E-state index contributed by atoms with van der Waals surface area (Å²) in [4.78, 5) is 0. The van der Waals surface area contributed by atoms with Gasteiger partial charge in [-0.15, -0.1) is 0 Å². The van der Waals surface area contributed by atoms with Crippen molar-refractivity contribution in [3.05, 3.63) is 84.4 Å². The van der Waals surface area contributed by atoms with E-state index in [2.05, 4.69) is 0 Å². The second-order valence-corrected chi connectivity index (χ2v) is 7.27. The van der Waals surface area contributed by atoms with E-state index in [9.17, 15) is 4.57 Å². The number of hydrogen-bond acceptors (Lipinski definition) is 6. The van der Waals surface area contributed by atoms with Crippen LogP contribution < -0.4 is 18.5 Å². The molecule has 0 bridgehead atoms. The van der Waals surface area contributed by atoms with E-state index in [-0.39, 0.29) is 6.61 Å². The van der Waals surface area contributed by atoms with Gasteiger partial charge >= 0.3 is 7.82 Å². The van der Waals surface area contributed by atoms with Crippen LogP contribution in [0.15, 0.2) is 78.9 Å². The largest absolute Gasteiger partial charge is 0.587 e. The van der Waals surface area contributed by atoms with Crippen LogP contribution in [-0.2, 0) is 15.7 Å². The van der Waals surface area contributed by atoms with E-state index in [1.165, 1.54) is 0 Å². The lowest BCUT2D eigenvalue weighted by Gasteiger charge is -2.19. The van der Waals surface area contributed by atoms with E-state index in [0.29, 0.717) is 28.6 Å². The highest BCUT2D eigenvalue weighted by Gasteiger charge is 2.31. The Labute approximate surface area is 164 Å². The molecule has 0 aromatic heterocycles. The molecule has 0 spiro atoms. The zero-order chi connectivity index (χ0) is 19.8. The molecule has 0 saturated carbocycles. The molecule has 0 fully saturated rings. The van der Waals surface area contributed by atoms with Gasteiger partial charge < -0.3 is 18.5 Å². The number of ether oxygens (including phenoxy) is 2. The summed E-state index contributed by atoms with van der Waals surface area (Å²) in [7, 11) is -0.844. The Morgan fingerprint density at radius 3 is 1.57 bits per heavy atom. The quantitative estimate of drug-likeness (QED) is 0.443. The van der Waals surface area contributed by atoms with Crippen LogP contribution in [0.5, 0.6) is 23.0 Å². The smallest absolute Gasteiger partial charge is 0.497 e. The normalized spacial score (nSPS) is 10.9. The highest BCUT2D eigenvalue weighted by Crippen LogP contribution is 2.50. The average Bonchev–Trinajstić information content (AvgIpc) is 2.73. The highest BCUT2D eigenvalue weighted by atomic mass is 31.2. The lowest BCUT2D eigenvalue weighted by molar-refractivity contribution is 0.201. The number of phosphoric ester groups is 1. The molecule has 7 heteroatoms. The summed E-state index contributed by atoms with van der Waals surface area (Å²) in [6, 6.07) is 22.7. The number of rotatable bonds is 9. The minimum atomic E-state index is -3.96. The molecule has 6 nitrogen and oxygen atoms in total. The fourth-order valence-corrected chi connectivity index (χ4v) is 3.61. The molecule has 0 aliphatic carbocycles. The zero-order valence-electron chi connectivity index (χ0n) is 15.6. The van der Waals surface area contributed by atoms with E-state index in [4.69, 9.17) is 23.0 Å². The first-order valence-corrected chi connectivity index (χ1v) is 10.0. The lowest BCUT2D eigenvalue weighted by atomic mass is 10.2. The molecule has 3 rings (SSSR count). The molecule has 0 N–H and O–H groups in total. The molecule has 146 valence electrons.